The molecular weight excluding hydrogens is 362 g/mol. The molecule has 0 radical (unpaired) electrons. The molecule has 0 bridgehead atoms. The summed E-state index contributed by atoms with van der Waals surface area (Å²) in [5, 5.41) is 2.90. The minimum absolute atomic E-state index is 0.319. The molecule has 1 N–H and O–H groups in total. The van der Waals surface area contributed by atoms with Gasteiger partial charge in [-0.25, -0.2) is 4.79 Å². The molecule has 3 aromatic rings. The molecule has 0 saturated heterocycles. The van der Waals surface area contributed by atoms with Gasteiger partial charge in [0.2, 0.25) is 0 Å². The fourth-order valence-corrected chi connectivity index (χ4v) is 3.22. The van der Waals surface area contributed by atoms with Gasteiger partial charge >= 0.3 is 5.97 Å². The summed E-state index contributed by atoms with van der Waals surface area (Å²) >= 11 is 0. The zero-order valence-corrected chi connectivity index (χ0v) is 16.8. The van der Waals surface area contributed by atoms with Gasteiger partial charge in [0.25, 0.3) is 5.91 Å². The number of amides is 1. The lowest BCUT2D eigenvalue weighted by molar-refractivity contribution is -0.119. The smallest absolute Gasteiger partial charge is 0.338 e. The largest absolute Gasteiger partial charge is 0.452 e. The van der Waals surface area contributed by atoms with Gasteiger partial charge in [-0.3, -0.25) is 4.79 Å². The van der Waals surface area contributed by atoms with E-state index in [4.69, 9.17) is 4.74 Å². The monoisotopic (exact) mass is 387 g/mol. The van der Waals surface area contributed by atoms with Crippen LogP contribution < -0.4 is 5.32 Å². The van der Waals surface area contributed by atoms with Crippen LogP contribution in [0.5, 0.6) is 0 Å². The first-order chi connectivity index (χ1) is 14.1. The molecule has 0 fully saturated rings. The topological polar surface area (TPSA) is 55.4 Å². The van der Waals surface area contributed by atoms with Crippen molar-refractivity contribution in [2.75, 3.05) is 11.9 Å². The van der Waals surface area contributed by atoms with Crippen molar-refractivity contribution >= 4 is 17.6 Å². The van der Waals surface area contributed by atoms with E-state index in [1.54, 1.807) is 12.1 Å². The summed E-state index contributed by atoms with van der Waals surface area (Å²) in [6.07, 6.45) is 1.63. The maximum absolute atomic E-state index is 12.3. The fourth-order valence-electron chi connectivity index (χ4n) is 3.22. The number of aryl methyl sites for hydroxylation is 2. The number of anilines is 1. The summed E-state index contributed by atoms with van der Waals surface area (Å²) in [6.45, 7) is 3.77. The second-order valence-corrected chi connectivity index (χ2v) is 6.73. The van der Waals surface area contributed by atoms with E-state index in [-0.39, 0.29) is 12.5 Å². The maximum atomic E-state index is 12.3. The van der Waals surface area contributed by atoms with Crippen LogP contribution in [0.15, 0.2) is 72.8 Å². The Labute approximate surface area is 171 Å². The van der Waals surface area contributed by atoms with Crippen LogP contribution in [-0.4, -0.2) is 18.5 Å². The normalized spacial score (nSPS) is 10.4. The average molecular weight is 387 g/mol. The SMILES string of the molecule is CCc1cccc(CC)c1NC(=O)COC(=O)c1ccc(-c2ccccc2)cc1. The quantitative estimate of drug-likeness (QED) is 0.562. The number of benzene rings is 3. The van der Waals surface area contributed by atoms with Crippen LogP contribution in [0.3, 0.4) is 0 Å². The summed E-state index contributed by atoms with van der Waals surface area (Å²) < 4.78 is 5.20. The Morgan fingerprint density at radius 2 is 1.34 bits per heavy atom. The molecule has 4 heteroatoms. The third kappa shape index (κ3) is 5.11. The highest BCUT2D eigenvalue weighted by atomic mass is 16.5. The number of ether oxygens (including phenoxy) is 1. The molecule has 0 unspecified atom stereocenters. The molecule has 148 valence electrons. The molecule has 0 aliphatic heterocycles. The number of hydrogen-bond donors (Lipinski definition) is 1. The van der Waals surface area contributed by atoms with Crippen molar-refractivity contribution in [2.24, 2.45) is 0 Å². The van der Waals surface area contributed by atoms with Crippen LogP contribution >= 0.6 is 0 Å². The lowest BCUT2D eigenvalue weighted by Gasteiger charge is -2.14. The molecule has 1 amide bonds. The van der Waals surface area contributed by atoms with Crippen LogP contribution in [0.1, 0.15) is 35.3 Å². The van der Waals surface area contributed by atoms with Crippen molar-refractivity contribution in [1.29, 1.82) is 0 Å². The van der Waals surface area contributed by atoms with E-state index in [1.165, 1.54) is 0 Å². The van der Waals surface area contributed by atoms with Crippen molar-refractivity contribution in [3.05, 3.63) is 89.5 Å². The number of nitrogens with one attached hydrogen (secondary N) is 1. The fraction of sp³-hybridized carbons (Fsp3) is 0.200. The molecule has 0 saturated carbocycles. The lowest BCUT2D eigenvalue weighted by atomic mass is 10.0. The Balaban J connectivity index is 1.60. The highest BCUT2D eigenvalue weighted by molar-refractivity contribution is 5.96. The molecule has 0 aliphatic carbocycles. The zero-order chi connectivity index (χ0) is 20.6. The van der Waals surface area contributed by atoms with Gasteiger partial charge in [0.05, 0.1) is 5.56 Å². The molecule has 3 aromatic carbocycles. The lowest BCUT2D eigenvalue weighted by Crippen LogP contribution is -2.22. The summed E-state index contributed by atoms with van der Waals surface area (Å²) in [5.74, 6) is -0.853. The number of rotatable bonds is 7. The molecule has 0 spiro atoms. The number of carbonyl (C=O) groups excluding carboxylic acids is 2. The third-order valence-corrected chi connectivity index (χ3v) is 4.83. The Kier molecular flexibility index (Phi) is 6.80. The minimum Gasteiger partial charge on any atom is -0.452 e. The summed E-state index contributed by atoms with van der Waals surface area (Å²) in [6, 6.07) is 23.1. The Morgan fingerprint density at radius 1 is 0.759 bits per heavy atom. The molecule has 0 aliphatic rings. The van der Waals surface area contributed by atoms with Crippen molar-refractivity contribution in [3.8, 4) is 11.1 Å². The Hall–Kier alpha value is -3.40. The second kappa shape index (κ2) is 9.69. The van der Waals surface area contributed by atoms with E-state index in [2.05, 4.69) is 5.32 Å². The predicted octanol–water partition coefficient (Wildman–Crippen LogP) is 5.27. The van der Waals surface area contributed by atoms with E-state index in [0.29, 0.717) is 5.56 Å². The average Bonchev–Trinajstić information content (AvgIpc) is 2.78. The number of hydrogen-bond acceptors (Lipinski definition) is 3. The number of carbonyl (C=O) groups is 2. The van der Waals surface area contributed by atoms with Crippen LogP contribution in [0, 0.1) is 0 Å². The number of esters is 1. The van der Waals surface area contributed by atoms with E-state index in [9.17, 15) is 9.59 Å². The van der Waals surface area contributed by atoms with Gasteiger partial charge in [-0.2, -0.15) is 0 Å². The van der Waals surface area contributed by atoms with Gasteiger partial charge < -0.3 is 10.1 Å². The van der Waals surface area contributed by atoms with E-state index >= 15 is 0 Å². The van der Waals surface area contributed by atoms with Crippen LogP contribution in [-0.2, 0) is 22.4 Å². The molecule has 0 atom stereocenters. The third-order valence-electron chi connectivity index (χ3n) is 4.83. The highest BCUT2D eigenvalue weighted by Gasteiger charge is 2.13. The van der Waals surface area contributed by atoms with Gasteiger partial charge in [-0.15, -0.1) is 0 Å². The van der Waals surface area contributed by atoms with Crippen molar-refractivity contribution in [2.45, 2.75) is 26.7 Å². The standard InChI is InChI=1S/C25H25NO3/c1-3-18-11-8-12-19(4-2)24(18)26-23(27)17-29-25(28)22-15-13-21(14-16-22)20-9-6-5-7-10-20/h5-16H,3-4,17H2,1-2H3,(H,26,27). The first-order valence-electron chi connectivity index (χ1n) is 9.85. The highest BCUT2D eigenvalue weighted by Crippen LogP contribution is 2.23. The molecule has 0 heterocycles. The number of para-hydroxylation sites is 1. The van der Waals surface area contributed by atoms with Crippen molar-refractivity contribution in [1.82, 2.24) is 0 Å². The van der Waals surface area contributed by atoms with Crippen LogP contribution in [0.4, 0.5) is 5.69 Å². The first-order valence-corrected chi connectivity index (χ1v) is 9.85. The van der Waals surface area contributed by atoms with E-state index in [1.807, 2.05) is 74.5 Å². The van der Waals surface area contributed by atoms with E-state index < -0.39 is 5.97 Å². The second-order valence-electron chi connectivity index (χ2n) is 6.73. The molecule has 3 rings (SSSR count). The minimum atomic E-state index is -0.515. The predicted molar refractivity (Wildman–Crippen MR) is 116 cm³/mol. The summed E-state index contributed by atoms with van der Waals surface area (Å²) in [4.78, 5) is 24.6. The van der Waals surface area contributed by atoms with Crippen molar-refractivity contribution < 1.29 is 14.3 Å². The molecular formula is C25H25NO3. The van der Waals surface area contributed by atoms with Gasteiger partial charge in [-0.05, 0) is 47.2 Å². The van der Waals surface area contributed by atoms with E-state index in [0.717, 1.165) is 40.8 Å². The molecule has 29 heavy (non-hydrogen) atoms. The molecule has 4 nitrogen and oxygen atoms in total. The van der Waals surface area contributed by atoms with Gasteiger partial charge in [0.1, 0.15) is 0 Å². The summed E-state index contributed by atoms with van der Waals surface area (Å²) in [7, 11) is 0. The van der Waals surface area contributed by atoms with Gasteiger partial charge in [-0.1, -0.05) is 74.5 Å². The first kappa shape index (κ1) is 20.3. The Morgan fingerprint density at radius 3 is 1.93 bits per heavy atom. The van der Waals surface area contributed by atoms with Gasteiger partial charge in [0, 0.05) is 5.69 Å². The van der Waals surface area contributed by atoms with Crippen LogP contribution in [0.25, 0.3) is 11.1 Å². The van der Waals surface area contributed by atoms with Crippen molar-refractivity contribution in [3.63, 3.8) is 0 Å². The van der Waals surface area contributed by atoms with Crippen LogP contribution in [0.2, 0.25) is 0 Å². The molecule has 0 aromatic heterocycles. The summed E-state index contributed by atoms with van der Waals surface area (Å²) in [5.41, 5.74) is 5.48. The van der Waals surface area contributed by atoms with Gasteiger partial charge in [0.15, 0.2) is 6.61 Å². The zero-order valence-electron chi connectivity index (χ0n) is 16.8. The Bertz CT molecular complexity index is 956. The maximum Gasteiger partial charge on any atom is 0.338 e.